The van der Waals surface area contributed by atoms with E-state index in [9.17, 15) is 10.1 Å². The zero-order chi connectivity index (χ0) is 25.5. The number of carbonyl (C=O) groups is 1. The number of methoxy groups -OCH3 is 1. The molecule has 1 atom stereocenters. The fourth-order valence-electron chi connectivity index (χ4n) is 3.78. The molecule has 0 saturated heterocycles. The smallest absolute Gasteiger partial charge is 0.258 e. The molecule has 8 nitrogen and oxygen atoms in total. The molecule has 35 heavy (non-hydrogen) atoms. The molecule has 0 aliphatic rings. The molecule has 3 rings (SSSR count). The molecule has 0 spiro atoms. The first kappa shape index (κ1) is 25.6. The highest BCUT2D eigenvalue weighted by molar-refractivity contribution is 6.42. The minimum Gasteiger partial charge on any atom is -0.495 e. The van der Waals surface area contributed by atoms with Crippen molar-refractivity contribution in [3.8, 4) is 18.0 Å². The molecule has 0 unspecified atom stereocenters. The standard InChI is InChI=1S/C25H22Cl2N6O2/c1-33(13-18(12-31-25(30)32-14-29)15-7-8-20(26)21(27)10-15)24(34)22-19-6-4-3-5-16(19)9-17(11-28)23(22)35-2/h3-10,18H,12-13H2,1-2H3,(H3,30,31,32)/t18-/m1/s1. The van der Waals surface area contributed by atoms with Crippen LogP contribution >= 0.6 is 23.2 Å². The van der Waals surface area contributed by atoms with Gasteiger partial charge < -0.3 is 15.4 Å². The van der Waals surface area contributed by atoms with Crippen LogP contribution in [-0.4, -0.2) is 44.0 Å². The zero-order valence-electron chi connectivity index (χ0n) is 19.0. The Bertz CT molecular complexity index is 1380. The van der Waals surface area contributed by atoms with Gasteiger partial charge in [0, 0.05) is 19.5 Å². The molecule has 0 radical (unpaired) electrons. The van der Waals surface area contributed by atoms with Gasteiger partial charge >= 0.3 is 0 Å². The van der Waals surface area contributed by atoms with Gasteiger partial charge in [-0.15, -0.1) is 0 Å². The third kappa shape index (κ3) is 5.75. The lowest BCUT2D eigenvalue weighted by Gasteiger charge is -2.25. The van der Waals surface area contributed by atoms with Gasteiger partial charge in [0.25, 0.3) is 5.91 Å². The van der Waals surface area contributed by atoms with E-state index < -0.39 is 0 Å². The van der Waals surface area contributed by atoms with E-state index in [0.29, 0.717) is 21.0 Å². The number of fused-ring (bicyclic) bond motifs is 1. The minimum atomic E-state index is -0.327. The Morgan fingerprint density at radius 1 is 1.20 bits per heavy atom. The van der Waals surface area contributed by atoms with E-state index >= 15 is 0 Å². The highest BCUT2D eigenvalue weighted by Gasteiger charge is 2.25. The Kier molecular flexibility index (Phi) is 8.38. The summed E-state index contributed by atoms with van der Waals surface area (Å²) in [4.78, 5) is 19.5. The van der Waals surface area contributed by atoms with Gasteiger partial charge in [0.05, 0.1) is 34.8 Å². The number of carbonyl (C=O) groups excluding carboxylic acids is 1. The van der Waals surface area contributed by atoms with Gasteiger partial charge in [-0.25, -0.2) is 0 Å². The maximum atomic E-state index is 13.7. The average Bonchev–Trinajstić information content (AvgIpc) is 2.86. The third-order valence-corrected chi connectivity index (χ3v) is 6.20. The van der Waals surface area contributed by atoms with Crippen molar-refractivity contribution in [2.45, 2.75) is 5.92 Å². The minimum absolute atomic E-state index is 0.0408. The molecule has 0 aliphatic heterocycles. The fourth-order valence-corrected chi connectivity index (χ4v) is 4.09. The first-order valence-electron chi connectivity index (χ1n) is 10.5. The van der Waals surface area contributed by atoms with Crippen molar-refractivity contribution in [1.29, 1.82) is 10.5 Å². The van der Waals surface area contributed by atoms with Gasteiger partial charge in [-0.05, 0) is 34.5 Å². The predicted molar refractivity (Wildman–Crippen MR) is 137 cm³/mol. The maximum Gasteiger partial charge on any atom is 0.258 e. The Morgan fingerprint density at radius 3 is 2.60 bits per heavy atom. The molecule has 0 heterocycles. The lowest BCUT2D eigenvalue weighted by molar-refractivity contribution is 0.0786. The van der Waals surface area contributed by atoms with Crippen molar-refractivity contribution in [2.24, 2.45) is 10.7 Å². The van der Waals surface area contributed by atoms with E-state index in [1.54, 1.807) is 37.5 Å². The number of hydrogen-bond donors (Lipinski definition) is 2. The number of benzene rings is 3. The molecule has 0 saturated carbocycles. The first-order valence-corrected chi connectivity index (χ1v) is 11.2. The number of amides is 1. The van der Waals surface area contributed by atoms with E-state index in [4.69, 9.17) is 38.9 Å². The quantitative estimate of drug-likeness (QED) is 0.212. The van der Waals surface area contributed by atoms with Gasteiger partial charge in [0.15, 0.2) is 6.19 Å². The van der Waals surface area contributed by atoms with Gasteiger partial charge in [-0.1, -0.05) is 53.5 Å². The summed E-state index contributed by atoms with van der Waals surface area (Å²) in [5, 5.41) is 22.9. The number of nitrogens with one attached hydrogen (secondary N) is 1. The van der Waals surface area contributed by atoms with Crippen LogP contribution < -0.4 is 15.8 Å². The summed E-state index contributed by atoms with van der Waals surface area (Å²) < 4.78 is 5.49. The fraction of sp³-hybridized carbons (Fsp3) is 0.200. The Hall–Kier alpha value is -3.98. The van der Waals surface area contributed by atoms with Crippen LogP contribution in [0.4, 0.5) is 0 Å². The number of rotatable bonds is 7. The van der Waals surface area contributed by atoms with Gasteiger partial charge in [0.1, 0.15) is 11.8 Å². The lowest BCUT2D eigenvalue weighted by atomic mass is 9.96. The topological polar surface area (TPSA) is 128 Å². The van der Waals surface area contributed by atoms with E-state index in [0.717, 1.165) is 10.9 Å². The van der Waals surface area contributed by atoms with Crippen molar-refractivity contribution in [1.82, 2.24) is 10.2 Å². The molecule has 0 aromatic heterocycles. The molecule has 3 aromatic carbocycles. The molecule has 10 heteroatoms. The zero-order valence-corrected chi connectivity index (χ0v) is 20.6. The Balaban J connectivity index is 2.02. The molecule has 0 bridgehead atoms. The number of likely N-dealkylation sites (N-methyl/N-ethyl adjacent to an activating group) is 1. The summed E-state index contributed by atoms with van der Waals surface area (Å²) in [5.41, 5.74) is 7.07. The summed E-state index contributed by atoms with van der Waals surface area (Å²) in [5.74, 6) is -0.475. The number of hydrogen-bond acceptors (Lipinski definition) is 5. The first-order chi connectivity index (χ1) is 16.8. The largest absolute Gasteiger partial charge is 0.495 e. The van der Waals surface area contributed by atoms with Crippen molar-refractivity contribution >= 4 is 45.8 Å². The SMILES string of the molecule is COc1c(C#N)cc2ccccc2c1C(=O)N(C)C[C@@H](CN=C(N)NC#N)c1ccc(Cl)c(Cl)c1. The number of nitrogens with two attached hydrogens (primary N) is 1. The summed E-state index contributed by atoms with van der Waals surface area (Å²) in [6.07, 6.45) is 1.72. The second-order valence-electron chi connectivity index (χ2n) is 7.68. The predicted octanol–water partition coefficient (Wildman–Crippen LogP) is 4.27. The van der Waals surface area contributed by atoms with Crippen LogP contribution in [-0.2, 0) is 0 Å². The number of guanidine groups is 1. The normalized spacial score (nSPS) is 11.9. The van der Waals surface area contributed by atoms with Crippen LogP contribution in [0.2, 0.25) is 10.0 Å². The summed E-state index contributed by atoms with van der Waals surface area (Å²) in [6.45, 7) is 0.403. The number of nitrogens with zero attached hydrogens (tertiary/aromatic N) is 4. The van der Waals surface area contributed by atoms with Crippen molar-refractivity contribution in [2.75, 3.05) is 27.2 Å². The summed E-state index contributed by atoms with van der Waals surface area (Å²) in [6, 6.07) is 16.3. The number of halogens is 2. The van der Waals surface area contributed by atoms with Gasteiger partial charge in [-0.3, -0.25) is 15.1 Å². The van der Waals surface area contributed by atoms with Crippen molar-refractivity contribution in [3.63, 3.8) is 0 Å². The second-order valence-corrected chi connectivity index (χ2v) is 8.50. The van der Waals surface area contributed by atoms with Crippen LogP contribution in [0.3, 0.4) is 0 Å². The molecule has 178 valence electrons. The van der Waals surface area contributed by atoms with Crippen LogP contribution in [0.15, 0.2) is 53.5 Å². The second kappa shape index (κ2) is 11.4. The van der Waals surface area contributed by atoms with Gasteiger partial charge in [0.2, 0.25) is 5.96 Å². The monoisotopic (exact) mass is 508 g/mol. The number of aliphatic imine (C=N–C) groups is 1. The van der Waals surface area contributed by atoms with Crippen LogP contribution in [0.5, 0.6) is 5.75 Å². The van der Waals surface area contributed by atoms with Crippen LogP contribution in [0, 0.1) is 22.8 Å². The maximum absolute atomic E-state index is 13.7. The highest BCUT2D eigenvalue weighted by atomic mass is 35.5. The van der Waals surface area contributed by atoms with Crippen molar-refractivity contribution in [3.05, 3.63) is 75.3 Å². The third-order valence-electron chi connectivity index (χ3n) is 5.46. The molecule has 0 aliphatic carbocycles. The van der Waals surface area contributed by atoms with Crippen LogP contribution in [0.25, 0.3) is 10.8 Å². The van der Waals surface area contributed by atoms with E-state index in [1.807, 2.05) is 24.3 Å². The summed E-state index contributed by atoms with van der Waals surface area (Å²) >= 11 is 12.3. The number of ether oxygens (including phenoxy) is 1. The van der Waals surface area contributed by atoms with E-state index in [1.165, 1.54) is 12.0 Å². The van der Waals surface area contributed by atoms with Gasteiger partial charge in [-0.2, -0.15) is 10.5 Å². The molecule has 3 aromatic rings. The molecular formula is C25H22Cl2N6O2. The van der Waals surface area contributed by atoms with E-state index in [-0.39, 0.29) is 42.2 Å². The van der Waals surface area contributed by atoms with Crippen molar-refractivity contribution < 1.29 is 9.53 Å². The average molecular weight is 509 g/mol. The van der Waals surface area contributed by atoms with E-state index in [2.05, 4.69) is 16.4 Å². The molecule has 0 fully saturated rings. The summed E-state index contributed by atoms with van der Waals surface area (Å²) in [7, 11) is 3.08. The molecule has 1 amide bonds. The Labute approximate surface area is 213 Å². The Morgan fingerprint density at radius 2 is 1.94 bits per heavy atom. The lowest BCUT2D eigenvalue weighted by Crippen LogP contribution is -2.33. The molecule has 3 N–H and O–H groups in total. The molecular weight excluding hydrogens is 487 g/mol. The number of nitriles is 2. The highest BCUT2D eigenvalue weighted by Crippen LogP contribution is 2.33. The van der Waals surface area contributed by atoms with Crippen LogP contribution in [0.1, 0.15) is 27.4 Å².